The van der Waals surface area contributed by atoms with E-state index in [0.29, 0.717) is 5.75 Å². The van der Waals surface area contributed by atoms with E-state index >= 15 is 0 Å². The highest BCUT2D eigenvalue weighted by molar-refractivity contribution is 8.13. The standard InChI is InChI=1S/C5H7NO2S/c1-3(7)4-2-9-5(8)6-4/h4H,2H2,1H3,(H,6,8)/p+1. The van der Waals surface area contributed by atoms with E-state index in [1.807, 2.05) is 0 Å². The highest BCUT2D eigenvalue weighted by atomic mass is 32.2. The number of Topliss-reactive ketones (excluding diaryl/α,β-unsaturated/α-hetero) is 1. The normalized spacial score (nSPS) is 25.9. The number of thioether (sulfide) groups is 1. The summed E-state index contributed by atoms with van der Waals surface area (Å²) in [6.07, 6.45) is 0. The average Bonchev–Trinajstić information content (AvgIpc) is 2.14. The van der Waals surface area contributed by atoms with Crippen molar-refractivity contribution in [1.29, 1.82) is 0 Å². The minimum atomic E-state index is -0.171. The third kappa shape index (κ3) is 1.45. The maximum absolute atomic E-state index is 10.6. The van der Waals surface area contributed by atoms with Crippen LogP contribution in [0, 0.1) is 0 Å². The van der Waals surface area contributed by atoms with Crippen LogP contribution >= 0.6 is 11.8 Å². The Morgan fingerprint density at radius 1 is 2.00 bits per heavy atom. The first-order chi connectivity index (χ1) is 4.20. The number of carbonyl (C=O) groups is 1. The molecule has 0 aromatic carbocycles. The number of ketones is 1. The molecular formula is C5H8NO2S+. The fraction of sp³-hybridized carbons (Fsp3) is 0.600. The van der Waals surface area contributed by atoms with Crippen LogP contribution in [0.2, 0.25) is 0 Å². The summed E-state index contributed by atoms with van der Waals surface area (Å²) < 4.78 is 0. The lowest BCUT2D eigenvalue weighted by Gasteiger charge is -1.88. The van der Waals surface area contributed by atoms with Gasteiger partial charge in [-0.25, -0.2) is 0 Å². The van der Waals surface area contributed by atoms with Crippen LogP contribution in [-0.2, 0) is 4.79 Å². The lowest BCUT2D eigenvalue weighted by Crippen LogP contribution is -2.78. The zero-order valence-corrected chi connectivity index (χ0v) is 5.86. The van der Waals surface area contributed by atoms with Gasteiger partial charge in [0.25, 0.3) is 0 Å². The first-order valence-corrected chi connectivity index (χ1v) is 3.64. The van der Waals surface area contributed by atoms with Crippen LogP contribution < -0.4 is 4.99 Å². The number of aliphatic hydroxyl groups is 1. The van der Waals surface area contributed by atoms with E-state index in [1.54, 1.807) is 0 Å². The number of nitrogens with one attached hydrogen (secondary N) is 1. The smallest absolute Gasteiger partial charge is 0.397 e. The fourth-order valence-corrected chi connectivity index (χ4v) is 1.48. The highest BCUT2D eigenvalue weighted by Crippen LogP contribution is 2.03. The molecule has 50 valence electrons. The number of rotatable bonds is 1. The van der Waals surface area contributed by atoms with Gasteiger partial charge in [0.2, 0.25) is 6.04 Å². The quantitative estimate of drug-likeness (QED) is 0.482. The predicted molar refractivity (Wildman–Crippen MR) is 35.5 cm³/mol. The molecule has 4 heteroatoms. The van der Waals surface area contributed by atoms with Crippen LogP contribution in [0.3, 0.4) is 0 Å². The highest BCUT2D eigenvalue weighted by Gasteiger charge is 2.28. The zero-order chi connectivity index (χ0) is 6.85. The Bertz CT molecular complexity index is 166. The fourth-order valence-electron chi connectivity index (χ4n) is 0.614. The zero-order valence-electron chi connectivity index (χ0n) is 5.05. The summed E-state index contributed by atoms with van der Waals surface area (Å²) in [6, 6.07) is -0.171. The van der Waals surface area contributed by atoms with Gasteiger partial charge in [-0.1, -0.05) is 0 Å². The summed E-state index contributed by atoms with van der Waals surface area (Å²) in [6.45, 7) is 1.51. The molecule has 1 heterocycles. The molecule has 1 unspecified atom stereocenters. The molecule has 1 aliphatic rings. The third-order valence-electron chi connectivity index (χ3n) is 1.18. The number of hydrogen-bond acceptors (Lipinski definition) is 2. The molecule has 0 radical (unpaired) electrons. The minimum Gasteiger partial charge on any atom is -0.455 e. The lowest BCUT2D eigenvalue weighted by atomic mass is 10.2. The van der Waals surface area contributed by atoms with E-state index in [9.17, 15) is 4.79 Å². The summed E-state index contributed by atoms with van der Waals surface area (Å²) in [5.41, 5.74) is 0. The van der Waals surface area contributed by atoms with Crippen molar-refractivity contribution in [3.8, 4) is 0 Å². The molecule has 0 fully saturated rings. The second-order valence-electron chi connectivity index (χ2n) is 1.92. The summed E-state index contributed by atoms with van der Waals surface area (Å²) in [7, 11) is 0. The van der Waals surface area contributed by atoms with Gasteiger partial charge in [-0.15, -0.1) is 0 Å². The van der Waals surface area contributed by atoms with E-state index in [2.05, 4.69) is 4.99 Å². The van der Waals surface area contributed by atoms with E-state index in [0.717, 1.165) is 0 Å². The first-order valence-electron chi connectivity index (χ1n) is 2.66. The van der Waals surface area contributed by atoms with Crippen LogP contribution in [0.4, 0.5) is 0 Å². The van der Waals surface area contributed by atoms with Gasteiger partial charge in [0, 0.05) is 6.92 Å². The molecule has 0 spiro atoms. The summed E-state index contributed by atoms with van der Waals surface area (Å²) in [5, 5.41) is 8.93. The molecule has 0 amide bonds. The number of hydrogen-bond donors (Lipinski definition) is 2. The van der Waals surface area contributed by atoms with Crippen LogP contribution in [0.25, 0.3) is 0 Å². The van der Waals surface area contributed by atoms with Gasteiger partial charge in [0.05, 0.1) is 5.75 Å². The second-order valence-corrected chi connectivity index (χ2v) is 2.93. The Morgan fingerprint density at radius 2 is 2.67 bits per heavy atom. The van der Waals surface area contributed by atoms with E-state index in [1.165, 1.54) is 18.7 Å². The third-order valence-corrected chi connectivity index (χ3v) is 2.07. The maximum atomic E-state index is 10.6. The molecule has 0 aromatic rings. The van der Waals surface area contributed by atoms with Crippen LogP contribution in [-0.4, -0.2) is 27.9 Å². The molecule has 9 heavy (non-hydrogen) atoms. The second kappa shape index (κ2) is 2.39. The first kappa shape index (κ1) is 6.61. The van der Waals surface area contributed by atoms with Gasteiger partial charge in [-0.3, -0.25) is 4.79 Å². The van der Waals surface area contributed by atoms with Crippen molar-refractivity contribution < 1.29 is 14.9 Å². The molecule has 0 aromatic heterocycles. The maximum Gasteiger partial charge on any atom is 0.397 e. The van der Waals surface area contributed by atoms with Crippen LogP contribution in [0.5, 0.6) is 0 Å². The van der Waals surface area contributed by atoms with Gasteiger partial charge in [-0.05, 0) is 11.8 Å². The van der Waals surface area contributed by atoms with Crippen LogP contribution in [0.1, 0.15) is 6.92 Å². The Hall–Kier alpha value is -0.510. The van der Waals surface area contributed by atoms with E-state index in [-0.39, 0.29) is 17.1 Å². The number of aliphatic hydroxyl groups excluding tert-OH is 1. The van der Waals surface area contributed by atoms with Gasteiger partial charge < -0.3 is 5.11 Å². The lowest BCUT2D eigenvalue weighted by molar-refractivity contribution is -0.481. The summed E-state index contributed by atoms with van der Waals surface area (Å²) in [4.78, 5) is 13.2. The van der Waals surface area contributed by atoms with Crippen molar-refractivity contribution in [2.45, 2.75) is 13.0 Å². The largest absolute Gasteiger partial charge is 0.455 e. The summed E-state index contributed by atoms with van der Waals surface area (Å²) in [5.74, 6) is 0.729. The SMILES string of the molecule is CC(=O)C1CSC(O)=[NH+]1. The molecule has 2 N–H and O–H groups in total. The van der Waals surface area contributed by atoms with Crippen molar-refractivity contribution in [1.82, 2.24) is 0 Å². The molecule has 1 aliphatic heterocycles. The van der Waals surface area contributed by atoms with E-state index in [4.69, 9.17) is 5.11 Å². The van der Waals surface area contributed by atoms with Gasteiger partial charge in [-0.2, -0.15) is 4.99 Å². The van der Waals surface area contributed by atoms with Gasteiger partial charge in [0.15, 0.2) is 5.78 Å². The molecule has 0 saturated carbocycles. The van der Waals surface area contributed by atoms with Gasteiger partial charge >= 0.3 is 5.23 Å². The molecule has 1 atom stereocenters. The van der Waals surface area contributed by atoms with Crippen molar-refractivity contribution >= 4 is 22.8 Å². The van der Waals surface area contributed by atoms with Gasteiger partial charge in [0.1, 0.15) is 0 Å². The van der Waals surface area contributed by atoms with Crippen LogP contribution in [0.15, 0.2) is 0 Å². The van der Waals surface area contributed by atoms with Crippen molar-refractivity contribution in [3.63, 3.8) is 0 Å². The Morgan fingerprint density at radius 3 is 2.89 bits per heavy atom. The van der Waals surface area contributed by atoms with Crippen molar-refractivity contribution in [2.24, 2.45) is 0 Å². The Labute approximate surface area is 57.2 Å². The molecule has 0 bridgehead atoms. The topological polar surface area (TPSA) is 51.3 Å². The number of carbonyl (C=O) groups excluding carboxylic acids is 1. The molecule has 3 nitrogen and oxygen atoms in total. The predicted octanol–water partition coefficient (Wildman–Crippen LogP) is -1.31. The Kier molecular flexibility index (Phi) is 1.75. The minimum absolute atomic E-state index is 0.0755. The molecular weight excluding hydrogens is 138 g/mol. The van der Waals surface area contributed by atoms with Crippen molar-refractivity contribution in [2.75, 3.05) is 5.75 Å². The average molecular weight is 146 g/mol. The molecule has 1 rings (SSSR count). The summed E-state index contributed by atoms with van der Waals surface area (Å²) >= 11 is 1.27. The monoisotopic (exact) mass is 146 g/mol. The molecule has 0 saturated heterocycles. The molecule has 0 aliphatic carbocycles. The van der Waals surface area contributed by atoms with Crippen molar-refractivity contribution in [3.05, 3.63) is 0 Å². The van der Waals surface area contributed by atoms with E-state index < -0.39 is 0 Å². The Balaban J connectivity index is 2.57.